The van der Waals surface area contributed by atoms with E-state index in [4.69, 9.17) is 0 Å². The number of hydrogen-bond acceptors (Lipinski definition) is 3. The zero-order valence-electron chi connectivity index (χ0n) is 14.4. The van der Waals surface area contributed by atoms with Crippen molar-refractivity contribution < 1.29 is 4.79 Å². The van der Waals surface area contributed by atoms with Crippen LogP contribution in [0.1, 0.15) is 17.5 Å². The second-order valence-electron chi connectivity index (χ2n) is 5.84. The topological polar surface area (TPSA) is 20.3 Å². The van der Waals surface area contributed by atoms with Crippen molar-refractivity contribution >= 4 is 29.4 Å². The first-order valence-electron chi connectivity index (χ1n) is 8.15. The molecule has 0 aromatic heterocycles. The first-order chi connectivity index (χ1) is 11.7. The van der Waals surface area contributed by atoms with Crippen LogP contribution in [-0.4, -0.2) is 35.9 Å². The van der Waals surface area contributed by atoms with Gasteiger partial charge in [-0.15, -0.1) is 11.8 Å². The predicted octanol–water partition coefficient (Wildman–Crippen LogP) is 4.70. The summed E-state index contributed by atoms with van der Waals surface area (Å²) in [4.78, 5) is 14.1. The summed E-state index contributed by atoms with van der Waals surface area (Å²) in [5, 5.41) is 0.0310. The molecule has 0 fully saturated rings. The molecule has 2 aromatic rings. The van der Waals surface area contributed by atoms with Crippen molar-refractivity contribution in [3.8, 4) is 0 Å². The van der Waals surface area contributed by atoms with Crippen molar-refractivity contribution in [3.05, 3.63) is 71.8 Å². The molecule has 0 radical (unpaired) electrons. The van der Waals surface area contributed by atoms with Crippen LogP contribution in [0.2, 0.25) is 0 Å². The number of carbonyl (C=O) groups excluding carboxylic acids is 1. The number of carbonyl (C=O) groups is 1. The van der Waals surface area contributed by atoms with E-state index in [0.29, 0.717) is 0 Å². The Morgan fingerprint density at radius 1 is 0.917 bits per heavy atom. The number of amides is 1. The third kappa shape index (κ3) is 6.62. The molecule has 1 amide bonds. The summed E-state index contributed by atoms with van der Waals surface area (Å²) in [6.07, 6.45) is 0.909. The van der Waals surface area contributed by atoms with Crippen molar-refractivity contribution in [2.75, 3.05) is 19.8 Å². The molecule has 0 aliphatic carbocycles. The maximum Gasteiger partial charge on any atom is 0.235 e. The van der Waals surface area contributed by atoms with E-state index < -0.39 is 0 Å². The smallest absolute Gasteiger partial charge is 0.235 e. The van der Waals surface area contributed by atoms with Crippen molar-refractivity contribution in [2.45, 2.75) is 23.2 Å². The summed E-state index contributed by atoms with van der Waals surface area (Å²) in [7, 11) is 3.69. The average Bonchev–Trinajstić information content (AvgIpc) is 2.62. The fraction of sp³-hybridized carbons (Fsp3) is 0.350. The molecule has 0 spiro atoms. The molecular weight excluding hydrogens is 334 g/mol. The third-order valence-electron chi connectivity index (χ3n) is 3.65. The van der Waals surface area contributed by atoms with Gasteiger partial charge in [0.1, 0.15) is 0 Å². The molecular formula is C20H25NOS2. The fourth-order valence-corrected chi connectivity index (χ4v) is 4.64. The Morgan fingerprint density at radius 3 is 2.00 bits per heavy atom. The highest BCUT2D eigenvalue weighted by atomic mass is 32.2. The van der Waals surface area contributed by atoms with Gasteiger partial charge in [-0.25, -0.2) is 0 Å². The molecule has 4 heteroatoms. The largest absolute Gasteiger partial charge is 0.348 e. The normalized spacial score (nSPS) is 11.9. The van der Waals surface area contributed by atoms with Crippen LogP contribution in [0.25, 0.3) is 0 Å². The van der Waals surface area contributed by atoms with Gasteiger partial charge < -0.3 is 4.90 Å². The highest BCUT2D eigenvalue weighted by Gasteiger charge is 2.20. The summed E-state index contributed by atoms with van der Waals surface area (Å²) >= 11 is 3.65. The van der Waals surface area contributed by atoms with E-state index >= 15 is 0 Å². The standard InChI is InChI=1S/C20H25NOS2/c1-21(2)20(22)19(24-16-18-11-7-4-8-12-18)13-14-23-15-17-9-5-3-6-10-17/h3-12,19H,13-16H2,1-2H3. The van der Waals surface area contributed by atoms with E-state index in [2.05, 4.69) is 36.4 Å². The van der Waals surface area contributed by atoms with E-state index in [9.17, 15) is 4.79 Å². The quantitative estimate of drug-likeness (QED) is 0.605. The van der Waals surface area contributed by atoms with Gasteiger partial charge in [-0.1, -0.05) is 60.7 Å². The van der Waals surface area contributed by atoms with Crippen LogP contribution in [0.5, 0.6) is 0 Å². The Hall–Kier alpha value is -1.39. The molecule has 0 heterocycles. The number of benzene rings is 2. The first kappa shape index (κ1) is 18.9. The summed E-state index contributed by atoms with van der Waals surface area (Å²) in [5.41, 5.74) is 2.62. The molecule has 0 N–H and O–H groups in total. The Kier molecular flexibility index (Phi) is 8.26. The maximum absolute atomic E-state index is 12.4. The van der Waals surface area contributed by atoms with Gasteiger partial charge >= 0.3 is 0 Å². The minimum atomic E-state index is 0.0310. The van der Waals surface area contributed by atoms with Crippen molar-refractivity contribution in [3.63, 3.8) is 0 Å². The first-order valence-corrected chi connectivity index (χ1v) is 10.4. The molecule has 0 saturated heterocycles. The summed E-state index contributed by atoms with van der Waals surface area (Å²) < 4.78 is 0. The van der Waals surface area contributed by atoms with Crippen LogP contribution in [-0.2, 0) is 16.3 Å². The van der Waals surface area contributed by atoms with Crippen LogP contribution in [0.15, 0.2) is 60.7 Å². The van der Waals surface area contributed by atoms with Gasteiger partial charge in [0.25, 0.3) is 0 Å². The second kappa shape index (κ2) is 10.5. The van der Waals surface area contributed by atoms with E-state index in [1.54, 1.807) is 16.7 Å². The predicted molar refractivity (Wildman–Crippen MR) is 107 cm³/mol. The molecule has 24 heavy (non-hydrogen) atoms. The number of nitrogens with zero attached hydrogens (tertiary/aromatic N) is 1. The molecule has 1 atom stereocenters. The lowest BCUT2D eigenvalue weighted by molar-refractivity contribution is -0.128. The Balaban J connectivity index is 1.81. The molecule has 0 aliphatic rings. The Bertz CT molecular complexity index is 602. The second-order valence-corrected chi connectivity index (χ2v) is 8.14. The molecule has 2 aromatic carbocycles. The molecule has 0 saturated carbocycles. The van der Waals surface area contributed by atoms with Crippen LogP contribution < -0.4 is 0 Å². The van der Waals surface area contributed by atoms with Crippen LogP contribution >= 0.6 is 23.5 Å². The summed E-state index contributed by atoms with van der Waals surface area (Å²) in [6, 6.07) is 20.9. The number of thioether (sulfide) groups is 2. The monoisotopic (exact) mass is 359 g/mol. The number of hydrogen-bond donors (Lipinski definition) is 0. The minimum absolute atomic E-state index is 0.0310. The highest BCUT2D eigenvalue weighted by Crippen LogP contribution is 2.24. The van der Waals surface area contributed by atoms with E-state index in [0.717, 1.165) is 23.7 Å². The van der Waals surface area contributed by atoms with Crippen LogP contribution in [0, 0.1) is 0 Å². The zero-order chi connectivity index (χ0) is 17.2. The Labute approximate surface area is 154 Å². The third-order valence-corrected chi connectivity index (χ3v) is 6.05. The van der Waals surface area contributed by atoms with Crippen molar-refractivity contribution in [1.82, 2.24) is 4.90 Å². The Morgan fingerprint density at radius 2 is 1.46 bits per heavy atom. The van der Waals surface area contributed by atoms with E-state index in [1.165, 1.54) is 11.1 Å². The van der Waals surface area contributed by atoms with Gasteiger partial charge in [0.05, 0.1) is 5.25 Å². The maximum atomic E-state index is 12.4. The minimum Gasteiger partial charge on any atom is -0.348 e. The SMILES string of the molecule is CN(C)C(=O)C(CCSCc1ccccc1)SCc1ccccc1. The van der Waals surface area contributed by atoms with Gasteiger partial charge in [-0.2, -0.15) is 11.8 Å². The van der Waals surface area contributed by atoms with Crippen molar-refractivity contribution in [2.24, 2.45) is 0 Å². The highest BCUT2D eigenvalue weighted by molar-refractivity contribution is 8.00. The number of rotatable bonds is 9. The molecule has 1 unspecified atom stereocenters. The van der Waals surface area contributed by atoms with Gasteiger partial charge in [0.15, 0.2) is 0 Å². The zero-order valence-corrected chi connectivity index (χ0v) is 16.0. The van der Waals surface area contributed by atoms with E-state index in [-0.39, 0.29) is 11.2 Å². The lowest BCUT2D eigenvalue weighted by Crippen LogP contribution is -2.32. The summed E-state index contributed by atoms with van der Waals surface area (Å²) in [5.74, 6) is 3.11. The van der Waals surface area contributed by atoms with Gasteiger partial charge in [0.2, 0.25) is 5.91 Å². The lowest BCUT2D eigenvalue weighted by atomic mass is 10.2. The molecule has 0 bridgehead atoms. The lowest BCUT2D eigenvalue weighted by Gasteiger charge is -2.20. The molecule has 2 nitrogen and oxygen atoms in total. The molecule has 128 valence electrons. The van der Waals surface area contributed by atoms with Gasteiger partial charge in [-0.05, 0) is 23.3 Å². The van der Waals surface area contributed by atoms with Gasteiger partial charge in [-0.3, -0.25) is 4.79 Å². The fourth-order valence-electron chi connectivity index (χ4n) is 2.29. The van der Waals surface area contributed by atoms with Gasteiger partial charge in [0, 0.05) is 25.6 Å². The summed E-state index contributed by atoms with van der Waals surface area (Å²) in [6.45, 7) is 0. The van der Waals surface area contributed by atoms with Crippen molar-refractivity contribution in [1.29, 1.82) is 0 Å². The molecule has 2 rings (SSSR count). The van der Waals surface area contributed by atoms with Crippen LogP contribution in [0.3, 0.4) is 0 Å². The molecule has 0 aliphatic heterocycles. The van der Waals surface area contributed by atoms with E-state index in [1.807, 2.05) is 50.1 Å². The average molecular weight is 360 g/mol. The van der Waals surface area contributed by atoms with Crippen LogP contribution in [0.4, 0.5) is 0 Å².